The molecule has 194 valence electrons. The van der Waals surface area contributed by atoms with Gasteiger partial charge in [0.25, 0.3) is 0 Å². The van der Waals surface area contributed by atoms with E-state index in [2.05, 4.69) is 10.1 Å². The zero-order valence-corrected chi connectivity index (χ0v) is 20.9. The third-order valence-electron chi connectivity index (χ3n) is 6.45. The van der Waals surface area contributed by atoms with E-state index in [1.807, 2.05) is 44.2 Å². The van der Waals surface area contributed by atoms with Crippen LogP contribution in [0.5, 0.6) is 0 Å². The van der Waals surface area contributed by atoms with Crippen LogP contribution >= 0.6 is 11.6 Å². The summed E-state index contributed by atoms with van der Waals surface area (Å²) in [4.78, 5) is 17.9. The lowest BCUT2D eigenvalue weighted by atomic mass is 9.84. The lowest BCUT2D eigenvalue weighted by Gasteiger charge is -2.20. The van der Waals surface area contributed by atoms with Crippen LogP contribution in [0.2, 0.25) is 5.02 Å². The molecule has 38 heavy (non-hydrogen) atoms. The molecule has 2 aromatic heterocycles. The number of rotatable bonds is 5. The molecule has 0 amide bonds. The highest BCUT2D eigenvalue weighted by molar-refractivity contribution is 6.31. The smallest absolute Gasteiger partial charge is 0.342 e. The lowest BCUT2D eigenvalue weighted by molar-refractivity contribution is -0.137. The van der Waals surface area contributed by atoms with Crippen molar-refractivity contribution in [1.82, 2.24) is 14.7 Å². The Morgan fingerprint density at radius 3 is 2.32 bits per heavy atom. The molecule has 10 heteroatoms. The summed E-state index contributed by atoms with van der Waals surface area (Å²) in [6, 6.07) is 16.5. The molecule has 0 N–H and O–H groups in total. The first kappa shape index (κ1) is 25.7. The quantitative estimate of drug-likeness (QED) is 0.220. The highest BCUT2D eigenvalue weighted by Gasteiger charge is 2.31. The Morgan fingerprint density at radius 2 is 1.66 bits per heavy atom. The van der Waals surface area contributed by atoms with Crippen LogP contribution in [-0.2, 0) is 18.1 Å². The molecular weight excluding hydrogens is 522 g/mol. The Balaban J connectivity index is 1.62. The predicted molar refractivity (Wildman–Crippen MR) is 136 cm³/mol. The zero-order chi connectivity index (χ0) is 27.2. The molecule has 0 atom stereocenters. The Bertz CT molecular complexity index is 1690. The molecule has 0 spiro atoms. The van der Waals surface area contributed by atoms with Crippen molar-refractivity contribution in [2.75, 3.05) is 0 Å². The largest absolute Gasteiger partial charge is 0.416 e. The van der Waals surface area contributed by atoms with Crippen molar-refractivity contribution in [3.8, 4) is 11.4 Å². The van der Waals surface area contributed by atoms with Crippen LogP contribution in [0.25, 0.3) is 22.3 Å². The molecule has 2 heterocycles. The van der Waals surface area contributed by atoms with Crippen LogP contribution in [-0.4, -0.2) is 14.7 Å². The predicted octanol–water partition coefficient (Wildman–Crippen LogP) is 7.24. The summed E-state index contributed by atoms with van der Waals surface area (Å²) in [5.74, 6) is -0.504. The van der Waals surface area contributed by atoms with Crippen molar-refractivity contribution in [3.05, 3.63) is 117 Å². The number of pyridine rings is 1. The number of alkyl halides is 3. The molecule has 0 unspecified atom stereocenters. The van der Waals surface area contributed by atoms with Crippen molar-refractivity contribution in [3.63, 3.8) is 0 Å². The molecule has 0 radical (unpaired) electrons. The van der Waals surface area contributed by atoms with Gasteiger partial charge in [0.1, 0.15) is 5.82 Å². The van der Waals surface area contributed by atoms with E-state index in [1.165, 1.54) is 24.4 Å². The highest BCUT2D eigenvalue weighted by Crippen LogP contribution is 2.32. The number of hydrogen-bond donors (Lipinski definition) is 0. The average Bonchev–Trinajstić information content (AvgIpc) is 3.38. The molecule has 0 saturated heterocycles. The third-order valence-corrected chi connectivity index (χ3v) is 6.74. The molecule has 0 bridgehead atoms. The van der Waals surface area contributed by atoms with Crippen LogP contribution in [0.15, 0.2) is 82.2 Å². The number of hydrogen-bond acceptors (Lipinski definition) is 4. The summed E-state index contributed by atoms with van der Waals surface area (Å²) >= 11 is 6.00. The normalized spacial score (nSPS) is 12.3. The zero-order valence-electron chi connectivity index (χ0n) is 20.2. The van der Waals surface area contributed by atoms with E-state index in [9.17, 15) is 22.4 Å². The second-order valence-corrected chi connectivity index (χ2v) is 9.80. The number of benzene rings is 3. The van der Waals surface area contributed by atoms with E-state index in [0.717, 1.165) is 23.8 Å². The summed E-state index contributed by atoms with van der Waals surface area (Å²) in [6.45, 7) is 3.88. The Kier molecular flexibility index (Phi) is 6.35. The Hall–Kier alpha value is -3.98. The molecule has 0 saturated carbocycles. The first-order chi connectivity index (χ1) is 17.9. The minimum atomic E-state index is -4.47. The fourth-order valence-electron chi connectivity index (χ4n) is 4.24. The van der Waals surface area contributed by atoms with Crippen LogP contribution in [0.3, 0.4) is 0 Å². The summed E-state index contributed by atoms with van der Waals surface area (Å²) in [7, 11) is 0. The van der Waals surface area contributed by atoms with E-state index in [0.29, 0.717) is 11.1 Å². The van der Waals surface area contributed by atoms with Crippen molar-refractivity contribution >= 4 is 22.5 Å². The number of fused-ring (bicyclic) bond motifs is 1. The highest BCUT2D eigenvalue weighted by atomic mass is 35.5. The monoisotopic (exact) mass is 541 g/mol. The summed E-state index contributed by atoms with van der Waals surface area (Å²) in [5, 5.41) is 3.85. The maximum Gasteiger partial charge on any atom is 0.416 e. The third kappa shape index (κ3) is 4.69. The van der Waals surface area contributed by atoms with E-state index >= 15 is 0 Å². The van der Waals surface area contributed by atoms with Gasteiger partial charge in [-0.2, -0.15) is 18.2 Å². The summed E-state index contributed by atoms with van der Waals surface area (Å²) < 4.78 is 60.5. The average molecular weight is 542 g/mol. The van der Waals surface area contributed by atoms with Crippen LogP contribution in [0.4, 0.5) is 17.6 Å². The number of halogens is 5. The molecule has 0 aliphatic heterocycles. The fraction of sp³-hybridized carbons (Fsp3) is 0.179. The lowest BCUT2D eigenvalue weighted by Crippen LogP contribution is -2.19. The SMILES string of the molecule is CC(C)(c1ccccc1)c1nc(-c2cn(Cc3ccc(C(F)(F)F)cc3)c3cc(Cl)c(F)cc3c2=O)no1. The molecule has 0 fully saturated rings. The van der Waals surface area contributed by atoms with Gasteiger partial charge < -0.3 is 9.09 Å². The molecule has 5 rings (SSSR count). The minimum Gasteiger partial charge on any atom is -0.342 e. The molecule has 0 aliphatic carbocycles. The molecule has 5 nitrogen and oxygen atoms in total. The summed E-state index contributed by atoms with van der Waals surface area (Å²) in [5.41, 5.74) is -0.189. The van der Waals surface area contributed by atoms with Gasteiger partial charge in [0, 0.05) is 18.1 Å². The van der Waals surface area contributed by atoms with Crippen molar-refractivity contribution in [2.24, 2.45) is 0 Å². The van der Waals surface area contributed by atoms with Gasteiger partial charge in [-0.15, -0.1) is 0 Å². The van der Waals surface area contributed by atoms with Gasteiger partial charge in [-0.1, -0.05) is 59.2 Å². The van der Waals surface area contributed by atoms with Crippen molar-refractivity contribution in [2.45, 2.75) is 32.0 Å². The second kappa shape index (κ2) is 9.40. The Morgan fingerprint density at radius 1 is 0.974 bits per heavy atom. The molecule has 3 aromatic carbocycles. The first-order valence-electron chi connectivity index (χ1n) is 11.5. The second-order valence-electron chi connectivity index (χ2n) is 9.39. The van der Waals surface area contributed by atoms with Gasteiger partial charge in [-0.25, -0.2) is 4.39 Å². The maximum atomic E-state index is 14.4. The van der Waals surface area contributed by atoms with E-state index in [4.69, 9.17) is 16.1 Å². The summed E-state index contributed by atoms with van der Waals surface area (Å²) in [6.07, 6.45) is -2.99. The fourth-order valence-corrected chi connectivity index (χ4v) is 4.39. The standard InChI is InChI=1S/C28H20ClF4N3O2/c1-27(2,17-6-4-3-5-7-17)26-34-25(35-38-26)20-15-36(14-16-8-10-18(11-9-16)28(31,32)33)23-13-21(29)22(30)12-19(23)24(20)37/h3-13,15H,14H2,1-2H3. The van der Waals surface area contributed by atoms with E-state index in [-0.39, 0.29) is 34.2 Å². The number of nitrogens with zero attached hydrogens (tertiary/aromatic N) is 3. The van der Waals surface area contributed by atoms with Crippen molar-refractivity contribution < 1.29 is 22.1 Å². The van der Waals surface area contributed by atoms with E-state index in [1.54, 1.807) is 4.57 Å². The topological polar surface area (TPSA) is 60.9 Å². The van der Waals surface area contributed by atoms with Gasteiger partial charge in [-0.3, -0.25) is 4.79 Å². The van der Waals surface area contributed by atoms with Gasteiger partial charge in [-0.05, 0) is 49.2 Å². The van der Waals surface area contributed by atoms with Gasteiger partial charge in [0.05, 0.1) is 27.1 Å². The van der Waals surface area contributed by atoms with Crippen LogP contribution in [0.1, 0.15) is 36.4 Å². The van der Waals surface area contributed by atoms with Gasteiger partial charge in [0.15, 0.2) is 0 Å². The van der Waals surface area contributed by atoms with Crippen LogP contribution < -0.4 is 5.43 Å². The molecule has 0 aliphatic rings. The first-order valence-corrected chi connectivity index (χ1v) is 11.9. The number of aromatic nitrogens is 3. The Labute approximate surface area is 219 Å². The van der Waals surface area contributed by atoms with E-state index < -0.39 is 28.4 Å². The molecule has 5 aromatic rings. The minimum absolute atomic E-state index is 0.00688. The van der Waals surface area contributed by atoms with Gasteiger partial charge >= 0.3 is 6.18 Å². The van der Waals surface area contributed by atoms with Crippen molar-refractivity contribution in [1.29, 1.82) is 0 Å². The molecular formula is C28H20ClF4N3O2. The van der Waals surface area contributed by atoms with Gasteiger partial charge in [0.2, 0.25) is 17.1 Å². The van der Waals surface area contributed by atoms with Crippen LogP contribution in [0, 0.1) is 5.82 Å². The maximum absolute atomic E-state index is 14.4.